The van der Waals surface area contributed by atoms with Gasteiger partial charge in [-0.05, 0) is 30.7 Å². The van der Waals surface area contributed by atoms with Gasteiger partial charge >= 0.3 is 0 Å². The van der Waals surface area contributed by atoms with Crippen LogP contribution in [0.25, 0.3) is 0 Å². The predicted molar refractivity (Wildman–Crippen MR) is 75.2 cm³/mol. The van der Waals surface area contributed by atoms with Crippen molar-refractivity contribution in [2.24, 2.45) is 0 Å². The number of rotatable bonds is 5. The van der Waals surface area contributed by atoms with Crippen molar-refractivity contribution in [3.63, 3.8) is 0 Å². The molecule has 0 amide bonds. The smallest absolute Gasteiger partial charge is 0.127 e. The van der Waals surface area contributed by atoms with Crippen LogP contribution in [0.2, 0.25) is 0 Å². The molecule has 0 radical (unpaired) electrons. The van der Waals surface area contributed by atoms with E-state index in [2.05, 4.69) is 10.3 Å². The second-order valence-corrected chi connectivity index (χ2v) is 4.41. The van der Waals surface area contributed by atoms with Crippen molar-refractivity contribution in [2.75, 3.05) is 12.3 Å². The second-order valence-electron chi connectivity index (χ2n) is 4.41. The molecule has 1 aromatic carbocycles. The fourth-order valence-corrected chi connectivity index (χ4v) is 2.12. The van der Waals surface area contributed by atoms with Crippen molar-refractivity contribution in [1.82, 2.24) is 10.3 Å². The molecule has 0 saturated carbocycles. The van der Waals surface area contributed by atoms with Gasteiger partial charge in [0.05, 0.1) is 0 Å². The molecule has 1 unspecified atom stereocenters. The number of benzene rings is 1. The number of anilines is 1. The summed E-state index contributed by atoms with van der Waals surface area (Å²) in [5.74, 6) is -0.198. The van der Waals surface area contributed by atoms with Gasteiger partial charge < -0.3 is 11.1 Å². The highest BCUT2D eigenvalue weighted by Crippen LogP contribution is 2.23. The van der Waals surface area contributed by atoms with Crippen molar-refractivity contribution in [1.29, 1.82) is 0 Å². The van der Waals surface area contributed by atoms with E-state index in [1.807, 2.05) is 13.0 Å². The summed E-state index contributed by atoms with van der Waals surface area (Å²) in [5.41, 5.74) is 8.20. The van der Waals surface area contributed by atoms with Crippen molar-refractivity contribution in [3.8, 4) is 0 Å². The third-order valence-electron chi connectivity index (χ3n) is 3.10. The van der Waals surface area contributed by atoms with E-state index in [-0.39, 0.29) is 11.9 Å². The Labute approximate surface area is 112 Å². The molecule has 2 aromatic rings. The Kier molecular flexibility index (Phi) is 4.47. The molecule has 3 N–H and O–H groups in total. The molecule has 2 rings (SSSR count). The molecule has 100 valence electrons. The van der Waals surface area contributed by atoms with Gasteiger partial charge in [-0.25, -0.2) is 4.39 Å². The highest BCUT2D eigenvalue weighted by Gasteiger charge is 2.16. The average molecular weight is 259 g/mol. The zero-order valence-electron chi connectivity index (χ0n) is 10.9. The van der Waals surface area contributed by atoms with E-state index in [1.165, 1.54) is 6.07 Å². The zero-order chi connectivity index (χ0) is 13.7. The highest BCUT2D eigenvalue weighted by molar-refractivity contribution is 5.45. The first-order chi connectivity index (χ1) is 9.22. The molecule has 1 heterocycles. The normalized spacial score (nSPS) is 12.3. The van der Waals surface area contributed by atoms with Gasteiger partial charge in [0.1, 0.15) is 5.82 Å². The van der Waals surface area contributed by atoms with E-state index in [4.69, 9.17) is 5.73 Å². The van der Waals surface area contributed by atoms with Crippen LogP contribution in [0.3, 0.4) is 0 Å². The minimum atomic E-state index is -0.198. The van der Waals surface area contributed by atoms with Crippen LogP contribution in [0.4, 0.5) is 10.1 Å². The Morgan fingerprint density at radius 1 is 1.32 bits per heavy atom. The van der Waals surface area contributed by atoms with E-state index < -0.39 is 0 Å². The zero-order valence-corrected chi connectivity index (χ0v) is 10.9. The summed E-state index contributed by atoms with van der Waals surface area (Å²) in [5, 5.41) is 3.29. The van der Waals surface area contributed by atoms with Crippen molar-refractivity contribution in [2.45, 2.75) is 19.4 Å². The molecule has 3 nitrogen and oxygen atoms in total. The number of pyridine rings is 1. The first-order valence-electron chi connectivity index (χ1n) is 6.38. The SMILES string of the molecule is CCNC(Cc1cnccc1N)c1ccccc1F. The quantitative estimate of drug-likeness (QED) is 0.868. The van der Waals surface area contributed by atoms with Crippen molar-refractivity contribution in [3.05, 3.63) is 59.7 Å². The van der Waals surface area contributed by atoms with Gasteiger partial charge in [-0.2, -0.15) is 0 Å². The van der Waals surface area contributed by atoms with E-state index >= 15 is 0 Å². The summed E-state index contributed by atoms with van der Waals surface area (Å²) in [4.78, 5) is 4.07. The molecule has 4 heteroatoms. The first kappa shape index (κ1) is 13.5. The summed E-state index contributed by atoms with van der Waals surface area (Å²) in [6.07, 6.45) is 4.01. The van der Waals surface area contributed by atoms with Gasteiger partial charge in [0.15, 0.2) is 0 Å². The average Bonchev–Trinajstić information content (AvgIpc) is 2.41. The van der Waals surface area contributed by atoms with E-state index in [0.717, 1.165) is 12.1 Å². The lowest BCUT2D eigenvalue weighted by atomic mass is 9.98. The summed E-state index contributed by atoms with van der Waals surface area (Å²) in [7, 11) is 0. The lowest BCUT2D eigenvalue weighted by Gasteiger charge is -2.19. The number of nitrogens with two attached hydrogens (primary N) is 1. The third kappa shape index (κ3) is 3.29. The second kappa shape index (κ2) is 6.29. The monoisotopic (exact) mass is 259 g/mol. The Bertz CT molecular complexity index is 542. The Hall–Kier alpha value is -1.94. The van der Waals surface area contributed by atoms with Crippen LogP contribution in [-0.4, -0.2) is 11.5 Å². The molecule has 1 aromatic heterocycles. The first-order valence-corrected chi connectivity index (χ1v) is 6.38. The highest BCUT2D eigenvalue weighted by atomic mass is 19.1. The molecule has 0 bridgehead atoms. The lowest BCUT2D eigenvalue weighted by Crippen LogP contribution is -2.24. The molecule has 0 aliphatic rings. The molecule has 0 saturated heterocycles. The van der Waals surface area contributed by atoms with E-state index in [1.54, 1.807) is 30.6 Å². The number of nitrogens with zero attached hydrogens (tertiary/aromatic N) is 1. The summed E-state index contributed by atoms with van der Waals surface area (Å²) >= 11 is 0. The number of aromatic nitrogens is 1. The molecule has 0 aliphatic carbocycles. The summed E-state index contributed by atoms with van der Waals surface area (Å²) in [6.45, 7) is 2.76. The van der Waals surface area contributed by atoms with Crippen LogP contribution in [0, 0.1) is 5.82 Å². The Balaban J connectivity index is 2.27. The molecule has 1 atom stereocenters. The van der Waals surface area contributed by atoms with E-state index in [0.29, 0.717) is 17.7 Å². The predicted octanol–water partition coefficient (Wildman–Crippen LogP) is 2.70. The van der Waals surface area contributed by atoms with Gasteiger partial charge in [-0.15, -0.1) is 0 Å². The summed E-state index contributed by atoms with van der Waals surface area (Å²) in [6, 6.07) is 8.48. The van der Waals surface area contributed by atoms with Gasteiger partial charge in [-0.1, -0.05) is 25.1 Å². The Morgan fingerprint density at radius 2 is 2.11 bits per heavy atom. The maximum absolute atomic E-state index is 13.9. The lowest BCUT2D eigenvalue weighted by molar-refractivity contribution is 0.510. The maximum Gasteiger partial charge on any atom is 0.127 e. The Morgan fingerprint density at radius 3 is 2.79 bits per heavy atom. The topological polar surface area (TPSA) is 50.9 Å². The molecular weight excluding hydrogens is 241 g/mol. The largest absolute Gasteiger partial charge is 0.398 e. The fraction of sp³-hybridized carbons (Fsp3) is 0.267. The maximum atomic E-state index is 13.9. The van der Waals surface area contributed by atoms with Gasteiger partial charge in [-0.3, -0.25) is 4.98 Å². The van der Waals surface area contributed by atoms with Crippen LogP contribution in [-0.2, 0) is 6.42 Å². The molecule has 19 heavy (non-hydrogen) atoms. The standard InChI is InChI=1S/C15H18FN3/c1-2-19-15(12-5-3-4-6-13(12)16)9-11-10-18-8-7-14(11)17/h3-8,10,15,19H,2,9H2,1H3,(H2,17,18). The van der Waals surface area contributed by atoms with E-state index in [9.17, 15) is 4.39 Å². The van der Waals surface area contributed by atoms with Crippen molar-refractivity contribution >= 4 is 5.69 Å². The van der Waals surface area contributed by atoms with Crippen LogP contribution in [0.15, 0.2) is 42.7 Å². The van der Waals surface area contributed by atoms with Gasteiger partial charge in [0, 0.05) is 29.7 Å². The van der Waals surface area contributed by atoms with Crippen LogP contribution < -0.4 is 11.1 Å². The molecule has 0 spiro atoms. The third-order valence-corrected chi connectivity index (χ3v) is 3.10. The van der Waals surface area contributed by atoms with Gasteiger partial charge in [0.2, 0.25) is 0 Å². The van der Waals surface area contributed by atoms with Crippen LogP contribution >= 0.6 is 0 Å². The van der Waals surface area contributed by atoms with Crippen LogP contribution in [0.5, 0.6) is 0 Å². The number of nitrogen functional groups attached to an aromatic ring is 1. The number of halogens is 1. The minimum absolute atomic E-state index is 0.0994. The fourth-order valence-electron chi connectivity index (χ4n) is 2.12. The molecular formula is C15H18FN3. The number of likely N-dealkylation sites (N-methyl/N-ethyl adjacent to an activating group) is 1. The minimum Gasteiger partial charge on any atom is -0.398 e. The van der Waals surface area contributed by atoms with Crippen molar-refractivity contribution < 1.29 is 4.39 Å². The molecule has 0 fully saturated rings. The summed E-state index contributed by atoms with van der Waals surface area (Å²) < 4.78 is 13.9. The number of hydrogen-bond donors (Lipinski definition) is 2. The molecule has 0 aliphatic heterocycles. The number of hydrogen-bond acceptors (Lipinski definition) is 3. The van der Waals surface area contributed by atoms with Crippen LogP contribution in [0.1, 0.15) is 24.1 Å². The van der Waals surface area contributed by atoms with Gasteiger partial charge in [0.25, 0.3) is 0 Å². The number of nitrogens with one attached hydrogen (secondary N) is 1.